The molecule has 0 heterocycles. The third-order valence-electron chi connectivity index (χ3n) is 4.92. The Kier molecular flexibility index (Phi) is 7.10. The van der Waals surface area contributed by atoms with Gasteiger partial charge in [-0.15, -0.1) is 0 Å². The van der Waals surface area contributed by atoms with E-state index in [1.165, 1.54) is 32.1 Å². The zero-order valence-electron chi connectivity index (χ0n) is 15.4. The van der Waals surface area contributed by atoms with Crippen molar-refractivity contribution in [2.75, 3.05) is 20.6 Å². The smallest absolute Gasteiger partial charge is 0.407 e. The van der Waals surface area contributed by atoms with Crippen LogP contribution in [0.2, 0.25) is 0 Å². The van der Waals surface area contributed by atoms with Gasteiger partial charge in [0.2, 0.25) is 0 Å². The number of nitrogens with zero attached hydrogens (tertiary/aromatic N) is 1. The lowest BCUT2D eigenvalue weighted by molar-refractivity contribution is 0.120. The number of hydrogen-bond acceptors (Lipinski definition) is 3. The highest BCUT2D eigenvalue weighted by Crippen LogP contribution is 2.39. The summed E-state index contributed by atoms with van der Waals surface area (Å²) in [6.07, 6.45) is 7.19. The summed E-state index contributed by atoms with van der Waals surface area (Å²) in [6.45, 7) is 3.53. The predicted molar refractivity (Wildman–Crippen MR) is 97.9 cm³/mol. The van der Waals surface area contributed by atoms with E-state index in [0.717, 1.165) is 18.5 Å². The molecule has 0 aliphatic heterocycles. The zero-order chi connectivity index (χ0) is 17.4. The van der Waals surface area contributed by atoms with E-state index >= 15 is 0 Å². The summed E-state index contributed by atoms with van der Waals surface area (Å²) in [5.74, 6) is 0. The normalized spacial score (nSPS) is 18.2. The van der Waals surface area contributed by atoms with Crippen LogP contribution in [-0.4, -0.2) is 37.7 Å². The fourth-order valence-electron chi connectivity index (χ4n) is 3.74. The minimum Gasteiger partial charge on any atom is -0.445 e. The molecule has 1 aliphatic rings. The zero-order valence-corrected chi connectivity index (χ0v) is 15.4. The van der Waals surface area contributed by atoms with Gasteiger partial charge in [-0.2, -0.15) is 0 Å². The van der Waals surface area contributed by atoms with Gasteiger partial charge < -0.3 is 15.0 Å². The second-order valence-corrected chi connectivity index (χ2v) is 7.74. The molecule has 2 rings (SSSR count). The number of carbonyl (C=O) groups is 1. The van der Waals surface area contributed by atoms with Crippen molar-refractivity contribution in [1.29, 1.82) is 0 Å². The van der Waals surface area contributed by atoms with Crippen LogP contribution < -0.4 is 5.32 Å². The molecule has 24 heavy (non-hydrogen) atoms. The van der Waals surface area contributed by atoms with Gasteiger partial charge in [0.05, 0.1) is 0 Å². The Balaban J connectivity index is 1.86. The third kappa shape index (κ3) is 6.52. The Morgan fingerprint density at radius 2 is 1.88 bits per heavy atom. The van der Waals surface area contributed by atoms with E-state index in [2.05, 4.69) is 17.1 Å². The lowest BCUT2D eigenvalue weighted by Crippen LogP contribution is -2.45. The first-order valence-electron chi connectivity index (χ1n) is 9.09. The van der Waals surface area contributed by atoms with Gasteiger partial charge in [0.15, 0.2) is 0 Å². The summed E-state index contributed by atoms with van der Waals surface area (Å²) in [5, 5.41) is 3.09. The second kappa shape index (κ2) is 9.07. The highest BCUT2D eigenvalue weighted by molar-refractivity contribution is 5.67. The molecule has 1 fully saturated rings. The largest absolute Gasteiger partial charge is 0.445 e. The Bertz CT molecular complexity index is 496. The van der Waals surface area contributed by atoms with Crippen LogP contribution in [0.4, 0.5) is 4.79 Å². The summed E-state index contributed by atoms with van der Waals surface area (Å²) >= 11 is 0. The summed E-state index contributed by atoms with van der Waals surface area (Å²) in [5.41, 5.74) is 1.35. The molecule has 0 radical (unpaired) electrons. The molecule has 4 heteroatoms. The highest BCUT2D eigenvalue weighted by atomic mass is 16.5. The van der Waals surface area contributed by atoms with Gasteiger partial charge in [0.1, 0.15) is 6.61 Å². The molecule has 0 bridgehead atoms. The average molecular weight is 332 g/mol. The van der Waals surface area contributed by atoms with Crippen LogP contribution in [0.1, 0.15) is 51.0 Å². The number of amides is 1. The van der Waals surface area contributed by atoms with E-state index in [1.54, 1.807) is 0 Å². The molecule has 1 atom stereocenters. The van der Waals surface area contributed by atoms with Crippen LogP contribution in [0.3, 0.4) is 0 Å². The molecular formula is C20H32N2O2. The number of carbonyl (C=O) groups excluding carboxylic acids is 1. The number of alkyl carbamates (subject to hydrolysis) is 1. The molecular weight excluding hydrogens is 300 g/mol. The van der Waals surface area contributed by atoms with Crippen molar-refractivity contribution in [2.24, 2.45) is 5.41 Å². The van der Waals surface area contributed by atoms with Gasteiger partial charge in [-0.05, 0) is 44.3 Å². The summed E-state index contributed by atoms with van der Waals surface area (Å²) in [6, 6.07) is 9.93. The Hall–Kier alpha value is -1.55. The van der Waals surface area contributed by atoms with Crippen LogP contribution >= 0.6 is 0 Å². The van der Waals surface area contributed by atoms with E-state index in [9.17, 15) is 4.79 Å². The molecule has 0 spiro atoms. The van der Waals surface area contributed by atoms with Gasteiger partial charge in [-0.3, -0.25) is 0 Å². The van der Waals surface area contributed by atoms with Crippen LogP contribution in [0, 0.1) is 5.41 Å². The Morgan fingerprint density at radius 1 is 1.21 bits per heavy atom. The van der Waals surface area contributed by atoms with Crippen molar-refractivity contribution in [3.8, 4) is 0 Å². The Morgan fingerprint density at radius 3 is 2.50 bits per heavy atom. The summed E-state index contributed by atoms with van der Waals surface area (Å²) in [7, 11) is 4.10. The van der Waals surface area contributed by atoms with Crippen LogP contribution in [0.15, 0.2) is 30.3 Å². The highest BCUT2D eigenvalue weighted by Gasteiger charge is 2.31. The molecule has 1 aromatic rings. The topological polar surface area (TPSA) is 41.6 Å². The number of rotatable bonds is 7. The maximum Gasteiger partial charge on any atom is 0.407 e. The fraction of sp³-hybridized carbons (Fsp3) is 0.650. The number of hydrogen-bond donors (Lipinski definition) is 1. The van der Waals surface area contributed by atoms with Gasteiger partial charge in [0.25, 0.3) is 0 Å². The molecule has 1 N–H and O–H groups in total. The fourth-order valence-corrected chi connectivity index (χ4v) is 3.74. The van der Waals surface area contributed by atoms with Crippen molar-refractivity contribution >= 4 is 6.09 Å². The lowest BCUT2D eigenvalue weighted by Gasteiger charge is -2.37. The van der Waals surface area contributed by atoms with Gasteiger partial charge in [-0.25, -0.2) is 4.79 Å². The number of ether oxygens (including phenoxy) is 1. The van der Waals surface area contributed by atoms with Crippen LogP contribution in [-0.2, 0) is 11.3 Å². The van der Waals surface area contributed by atoms with Crippen LogP contribution in [0.25, 0.3) is 0 Å². The van der Waals surface area contributed by atoms with Crippen LogP contribution in [0.5, 0.6) is 0 Å². The first-order valence-corrected chi connectivity index (χ1v) is 9.09. The maximum absolute atomic E-state index is 12.2. The lowest BCUT2D eigenvalue weighted by atomic mass is 9.72. The second-order valence-electron chi connectivity index (χ2n) is 7.74. The minimum atomic E-state index is -0.315. The molecule has 4 nitrogen and oxygen atoms in total. The maximum atomic E-state index is 12.2. The van der Waals surface area contributed by atoms with Gasteiger partial charge >= 0.3 is 6.09 Å². The van der Waals surface area contributed by atoms with E-state index in [0.29, 0.717) is 12.0 Å². The molecule has 0 aromatic heterocycles. The van der Waals surface area contributed by atoms with Crippen molar-refractivity contribution in [1.82, 2.24) is 10.2 Å². The number of benzene rings is 1. The molecule has 1 aromatic carbocycles. The SMILES string of the molecule is CN(C)CC(CC1(C)CCCCC1)NC(=O)OCc1ccccc1. The van der Waals surface area contributed by atoms with E-state index < -0.39 is 0 Å². The monoisotopic (exact) mass is 332 g/mol. The minimum absolute atomic E-state index is 0.131. The first-order chi connectivity index (χ1) is 11.5. The average Bonchev–Trinajstić information content (AvgIpc) is 2.53. The van der Waals surface area contributed by atoms with Gasteiger partial charge in [-0.1, -0.05) is 56.5 Å². The molecule has 1 aliphatic carbocycles. The number of likely N-dealkylation sites (N-methyl/N-ethyl adjacent to an activating group) is 1. The van der Waals surface area contributed by atoms with E-state index in [4.69, 9.17) is 4.74 Å². The van der Waals surface area contributed by atoms with E-state index in [-0.39, 0.29) is 12.1 Å². The van der Waals surface area contributed by atoms with E-state index in [1.807, 2.05) is 44.4 Å². The molecule has 1 amide bonds. The standard InChI is InChI=1S/C20H32N2O2/c1-20(12-8-5-9-13-20)14-18(15-22(2)3)21-19(23)24-16-17-10-6-4-7-11-17/h4,6-7,10-11,18H,5,8-9,12-16H2,1-3H3,(H,21,23). The molecule has 134 valence electrons. The van der Waals surface area contributed by atoms with Crippen molar-refractivity contribution < 1.29 is 9.53 Å². The third-order valence-corrected chi connectivity index (χ3v) is 4.92. The quantitative estimate of drug-likeness (QED) is 0.813. The molecule has 1 saturated carbocycles. The predicted octanol–water partition coefficient (Wildman–Crippen LogP) is 4.20. The molecule has 0 saturated heterocycles. The number of nitrogens with one attached hydrogen (secondary N) is 1. The first kappa shape index (κ1) is 18.8. The summed E-state index contributed by atoms with van der Waals surface area (Å²) < 4.78 is 5.39. The van der Waals surface area contributed by atoms with Crippen molar-refractivity contribution in [2.45, 2.75) is 58.1 Å². The molecule has 1 unspecified atom stereocenters. The Labute approximate surface area is 146 Å². The van der Waals surface area contributed by atoms with Crippen molar-refractivity contribution in [3.63, 3.8) is 0 Å². The van der Waals surface area contributed by atoms with Crippen molar-refractivity contribution in [3.05, 3.63) is 35.9 Å². The summed E-state index contributed by atoms with van der Waals surface area (Å²) in [4.78, 5) is 14.3. The van der Waals surface area contributed by atoms with Gasteiger partial charge in [0, 0.05) is 12.6 Å².